The standard InChI is InChI=1S/C43H61N5O6S/c1-8-29(4)38(46-40(50)35-21-15-16-22-47(35)6)42(51)48(7)36(28(2)3)25-37(54-26-32-19-13-10-14-20-32)41-45-34(27-55-41)39(49)44-33(23-30(5)43(52)53)24-31-17-11-9-12-18-31/h9-14,17-20,27-30,33,35-38H,8,15-16,21-26H2,1-7H3,(H,44,49)(H,46,50)(H,52,53)/t29-,30?,33?,35+,36+,37+,38-/m0/s1. The molecule has 1 fully saturated rings. The van der Waals surface area contributed by atoms with Crippen molar-refractivity contribution in [3.63, 3.8) is 0 Å². The van der Waals surface area contributed by atoms with E-state index >= 15 is 0 Å². The van der Waals surface area contributed by atoms with Crippen LogP contribution in [-0.4, -0.2) is 88.4 Å². The summed E-state index contributed by atoms with van der Waals surface area (Å²) >= 11 is 1.33. The minimum absolute atomic E-state index is 0.0345. The van der Waals surface area contributed by atoms with Crippen molar-refractivity contribution < 1.29 is 29.0 Å². The molecule has 3 N–H and O–H groups in total. The molecule has 2 aromatic carbocycles. The summed E-state index contributed by atoms with van der Waals surface area (Å²) in [5, 5.41) is 18.1. The summed E-state index contributed by atoms with van der Waals surface area (Å²) < 4.78 is 6.58. The van der Waals surface area contributed by atoms with E-state index in [9.17, 15) is 24.3 Å². The molecule has 2 unspecified atom stereocenters. The average Bonchev–Trinajstić information content (AvgIpc) is 3.67. The Labute approximate surface area is 331 Å². The highest BCUT2D eigenvalue weighted by molar-refractivity contribution is 7.09. The summed E-state index contributed by atoms with van der Waals surface area (Å²) in [5.41, 5.74) is 2.21. The number of aromatic nitrogens is 1. The van der Waals surface area contributed by atoms with E-state index in [1.807, 2.05) is 81.6 Å². The van der Waals surface area contributed by atoms with Gasteiger partial charge in [0.15, 0.2) is 0 Å². The fourth-order valence-corrected chi connectivity index (χ4v) is 8.11. The first-order valence-electron chi connectivity index (χ1n) is 19.7. The van der Waals surface area contributed by atoms with Crippen LogP contribution in [0, 0.1) is 17.8 Å². The monoisotopic (exact) mass is 775 g/mol. The van der Waals surface area contributed by atoms with Gasteiger partial charge in [-0.3, -0.25) is 24.1 Å². The maximum Gasteiger partial charge on any atom is 0.306 e. The predicted octanol–water partition coefficient (Wildman–Crippen LogP) is 6.74. The molecule has 0 aliphatic carbocycles. The molecular formula is C43H61N5O6S. The van der Waals surface area contributed by atoms with Crippen molar-refractivity contribution in [1.29, 1.82) is 0 Å². The molecule has 1 aliphatic heterocycles. The van der Waals surface area contributed by atoms with Crippen LogP contribution in [0.5, 0.6) is 0 Å². The Morgan fingerprint density at radius 3 is 2.22 bits per heavy atom. The quantitative estimate of drug-likeness (QED) is 0.115. The first kappa shape index (κ1) is 43.6. The van der Waals surface area contributed by atoms with E-state index in [0.717, 1.165) is 43.4 Å². The lowest BCUT2D eigenvalue weighted by Gasteiger charge is -2.38. The van der Waals surface area contributed by atoms with E-state index in [2.05, 4.69) is 29.4 Å². The number of aliphatic carboxylic acids is 1. The number of hydrogen-bond donors (Lipinski definition) is 3. The molecule has 1 saturated heterocycles. The minimum atomic E-state index is -0.917. The third kappa shape index (κ3) is 12.7. The number of likely N-dealkylation sites (tertiary alicyclic amines) is 1. The summed E-state index contributed by atoms with van der Waals surface area (Å²) in [6, 6.07) is 17.9. The van der Waals surface area contributed by atoms with Gasteiger partial charge < -0.3 is 25.4 Å². The van der Waals surface area contributed by atoms with Crippen molar-refractivity contribution in [2.24, 2.45) is 17.8 Å². The van der Waals surface area contributed by atoms with Crippen LogP contribution < -0.4 is 10.6 Å². The van der Waals surface area contributed by atoms with Crippen LogP contribution in [0.4, 0.5) is 0 Å². The Kier molecular flexibility index (Phi) is 16.8. The number of benzene rings is 2. The Bertz CT molecular complexity index is 1670. The zero-order valence-electron chi connectivity index (χ0n) is 33.6. The lowest BCUT2D eigenvalue weighted by molar-refractivity contribution is -0.141. The molecule has 1 aliphatic rings. The van der Waals surface area contributed by atoms with Gasteiger partial charge in [0.05, 0.1) is 18.6 Å². The summed E-state index contributed by atoms with van der Waals surface area (Å²) in [5.74, 6) is -2.23. The number of thiazole rings is 1. The van der Waals surface area contributed by atoms with Gasteiger partial charge >= 0.3 is 5.97 Å². The second-order valence-corrected chi connectivity index (χ2v) is 16.4. The zero-order chi connectivity index (χ0) is 40.1. The first-order valence-corrected chi connectivity index (χ1v) is 20.6. The van der Waals surface area contributed by atoms with Gasteiger partial charge in [-0.05, 0) is 62.2 Å². The molecule has 12 heteroatoms. The van der Waals surface area contributed by atoms with Gasteiger partial charge in [-0.2, -0.15) is 0 Å². The molecule has 3 amide bonds. The van der Waals surface area contributed by atoms with Crippen LogP contribution in [0.2, 0.25) is 0 Å². The van der Waals surface area contributed by atoms with E-state index < -0.39 is 30.1 Å². The second kappa shape index (κ2) is 21.2. The molecule has 7 atom stereocenters. The first-order chi connectivity index (χ1) is 26.3. The second-order valence-electron chi connectivity index (χ2n) is 15.6. The van der Waals surface area contributed by atoms with Gasteiger partial charge in [0.25, 0.3) is 5.91 Å². The average molecular weight is 776 g/mol. The van der Waals surface area contributed by atoms with Crippen molar-refractivity contribution in [2.75, 3.05) is 20.6 Å². The number of nitrogens with zero attached hydrogens (tertiary/aromatic N) is 3. The van der Waals surface area contributed by atoms with E-state index in [1.165, 1.54) is 11.3 Å². The van der Waals surface area contributed by atoms with Crippen molar-refractivity contribution in [1.82, 2.24) is 25.4 Å². The smallest absolute Gasteiger partial charge is 0.306 e. The molecule has 0 radical (unpaired) electrons. The molecule has 0 saturated carbocycles. The molecule has 11 nitrogen and oxygen atoms in total. The van der Waals surface area contributed by atoms with Crippen LogP contribution in [-0.2, 0) is 32.1 Å². The number of carbonyl (C=O) groups is 4. The van der Waals surface area contributed by atoms with Crippen molar-refractivity contribution in [3.8, 4) is 0 Å². The van der Waals surface area contributed by atoms with E-state index in [1.54, 1.807) is 24.3 Å². The number of piperidine rings is 1. The largest absolute Gasteiger partial charge is 0.481 e. The number of nitrogens with one attached hydrogen (secondary N) is 2. The van der Waals surface area contributed by atoms with Crippen molar-refractivity contribution >= 4 is 35.0 Å². The van der Waals surface area contributed by atoms with Gasteiger partial charge in [-0.15, -0.1) is 11.3 Å². The number of rotatable bonds is 20. The number of carbonyl (C=O) groups excluding carboxylic acids is 3. The van der Waals surface area contributed by atoms with Gasteiger partial charge in [0.2, 0.25) is 11.8 Å². The highest BCUT2D eigenvalue weighted by Gasteiger charge is 2.37. The maximum atomic E-state index is 14.4. The van der Waals surface area contributed by atoms with Gasteiger partial charge in [0, 0.05) is 30.9 Å². The molecule has 1 aromatic heterocycles. The molecule has 0 spiro atoms. The molecular weight excluding hydrogens is 715 g/mol. The van der Waals surface area contributed by atoms with E-state index in [0.29, 0.717) is 24.5 Å². The molecule has 3 aromatic rings. The van der Waals surface area contributed by atoms with Gasteiger partial charge in [-0.25, -0.2) is 4.98 Å². The lowest BCUT2D eigenvalue weighted by Crippen LogP contribution is -2.58. The van der Waals surface area contributed by atoms with Crippen LogP contribution in [0.15, 0.2) is 66.0 Å². The number of likely N-dealkylation sites (N-methyl/N-ethyl adjacent to an activating group) is 2. The topological polar surface area (TPSA) is 141 Å². The Hall–Kier alpha value is -4.13. The van der Waals surface area contributed by atoms with Crippen LogP contribution in [0.25, 0.3) is 0 Å². The highest BCUT2D eigenvalue weighted by Crippen LogP contribution is 2.32. The minimum Gasteiger partial charge on any atom is -0.481 e. The van der Waals surface area contributed by atoms with E-state index in [-0.39, 0.29) is 53.8 Å². The van der Waals surface area contributed by atoms with Crippen molar-refractivity contribution in [3.05, 3.63) is 87.9 Å². The number of carboxylic acids is 1. The number of hydrogen-bond acceptors (Lipinski definition) is 8. The lowest BCUT2D eigenvalue weighted by atomic mass is 9.92. The molecule has 300 valence electrons. The number of amides is 3. The Morgan fingerprint density at radius 1 is 0.964 bits per heavy atom. The normalized spacial score (nSPS) is 18.1. The third-order valence-corrected chi connectivity index (χ3v) is 11.9. The predicted molar refractivity (Wildman–Crippen MR) is 217 cm³/mol. The molecule has 2 heterocycles. The fourth-order valence-electron chi connectivity index (χ4n) is 7.25. The van der Waals surface area contributed by atoms with Crippen LogP contribution >= 0.6 is 11.3 Å². The number of carboxylic acid groups (broad SMARTS) is 1. The summed E-state index contributed by atoms with van der Waals surface area (Å²) in [4.78, 5) is 62.0. The molecule has 0 bridgehead atoms. The van der Waals surface area contributed by atoms with Gasteiger partial charge in [0.1, 0.15) is 22.8 Å². The van der Waals surface area contributed by atoms with Crippen LogP contribution in [0.3, 0.4) is 0 Å². The summed E-state index contributed by atoms with van der Waals surface area (Å²) in [7, 11) is 3.78. The van der Waals surface area contributed by atoms with Gasteiger partial charge in [-0.1, -0.05) is 108 Å². The fraction of sp³-hybridized carbons (Fsp3) is 0.558. The number of ether oxygens (including phenoxy) is 1. The Balaban J connectivity index is 1.57. The van der Waals surface area contributed by atoms with E-state index in [4.69, 9.17) is 9.72 Å². The summed E-state index contributed by atoms with van der Waals surface area (Å²) in [6.07, 6.45) is 4.17. The summed E-state index contributed by atoms with van der Waals surface area (Å²) in [6.45, 7) is 11.0. The Morgan fingerprint density at radius 2 is 1.62 bits per heavy atom. The third-order valence-electron chi connectivity index (χ3n) is 11.0. The van der Waals surface area contributed by atoms with Crippen LogP contribution in [0.1, 0.15) is 106 Å². The SMILES string of the molecule is CC[C@H](C)[C@H](NC(=O)[C@H]1CCCCN1C)C(=O)N(C)[C@H](C[C@@H](OCc1ccccc1)c1nc(C(=O)NC(Cc2ccccc2)CC(C)C(=O)O)cs1)C(C)C. The zero-order valence-corrected chi connectivity index (χ0v) is 34.4. The maximum absolute atomic E-state index is 14.4. The highest BCUT2D eigenvalue weighted by atomic mass is 32.1. The molecule has 55 heavy (non-hydrogen) atoms. The molecule has 4 rings (SSSR count). The van der Waals surface area contributed by atoms with Crippen molar-refractivity contribution in [2.45, 2.75) is 116 Å².